The van der Waals surface area contributed by atoms with Gasteiger partial charge in [0, 0.05) is 16.6 Å². The molecule has 0 radical (unpaired) electrons. The van der Waals surface area contributed by atoms with Crippen LogP contribution in [-0.4, -0.2) is 21.3 Å². The Morgan fingerprint density at radius 3 is 2.69 bits per heavy atom. The van der Waals surface area contributed by atoms with Gasteiger partial charge >= 0.3 is 0 Å². The maximum absolute atomic E-state index is 11.0. The van der Waals surface area contributed by atoms with Crippen LogP contribution >= 0.6 is 0 Å². The van der Waals surface area contributed by atoms with Gasteiger partial charge in [-0.25, -0.2) is 0 Å². The van der Waals surface area contributed by atoms with E-state index in [-0.39, 0.29) is 4.75 Å². The van der Waals surface area contributed by atoms with Gasteiger partial charge in [-0.3, -0.25) is 4.21 Å². The quantitative estimate of drug-likeness (QED) is 0.514. The highest BCUT2D eigenvalue weighted by Crippen LogP contribution is 2.32. The van der Waals surface area contributed by atoms with E-state index in [0.717, 1.165) is 5.75 Å². The summed E-state index contributed by atoms with van der Waals surface area (Å²) in [5.74, 6) is 0.816. The van der Waals surface area contributed by atoms with Crippen molar-refractivity contribution < 1.29 is 8.95 Å². The zero-order valence-corrected chi connectivity index (χ0v) is 8.86. The van der Waals surface area contributed by atoms with Crippen LogP contribution in [-0.2, 0) is 15.5 Å². The van der Waals surface area contributed by atoms with Gasteiger partial charge < -0.3 is 4.74 Å². The Bertz CT molecular complexity index is 252. The van der Waals surface area contributed by atoms with Crippen LogP contribution < -0.4 is 0 Å². The first-order chi connectivity index (χ1) is 6.21. The summed E-state index contributed by atoms with van der Waals surface area (Å²) in [5.41, 5.74) is 1.43. The van der Waals surface area contributed by atoms with Crippen molar-refractivity contribution in [2.45, 2.75) is 37.4 Å². The van der Waals surface area contributed by atoms with Crippen molar-refractivity contribution in [2.75, 3.05) is 12.4 Å². The second-order valence-corrected chi connectivity index (χ2v) is 6.20. The van der Waals surface area contributed by atoms with Crippen LogP contribution in [0.4, 0.5) is 0 Å². The standard InChI is InChI=1S/C10H16O2S/c1-10(8-13(10)11)7-12-6-9-4-2-3-5-9/h6H,2-5,7-8H2,1H3. The van der Waals surface area contributed by atoms with Gasteiger partial charge in [-0.2, -0.15) is 0 Å². The van der Waals surface area contributed by atoms with E-state index in [4.69, 9.17) is 4.74 Å². The molecule has 2 unspecified atom stereocenters. The fraction of sp³-hybridized carbons (Fsp3) is 0.800. The van der Waals surface area contributed by atoms with Gasteiger partial charge in [0.1, 0.15) is 6.61 Å². The molecule has 3 heteroatoms. The predicted molar refractivity (Wildman–Crippen MR) is 53.9 cm³/mol. The van der Waals surface area contributed by atoms with Crippen LogP contribution in [0.3, 0.4) is 0 Å². The molecule has 74 valence electrons. The molecule has 0 aromatic carbocycles. The molecule has 2 fully saturated rings. The first-order valence-corrected chi connectivity index (χ1v) is 6.21. The lowest BCUT2D eigenvalue weighted by Crippen LogP contribution is -2.13. The highest BCUT2D eigenvalue weighted by Gasteiger charge is 2.48. The number of hydrogen-bond acceptors (Lipinski definition) is 2. The van der Waals surface area contributed by atoms with E-state index in [1.54, 1.807) is 0 Å². The number of rotatable bonds is 3. The van der Waals surface area contributed by atoms with E-state index < -0.39 is 10.8 Å². The highest BCUT2D eigenvalue weighted by atomic mass is 32.2. The minimum Gasteiger partial charge on any atom is -0.500 e. The summed E-state index contributed by atoms with van der Waals surface area (Å²) in [5, 5.41) is 0. The smallest absolute Gasteiger partial charge is 0.105 e. The normalized spacial score (nSPS) is 37.6. The van der Waals surface area contributed by atoms with Gasteiger partial charge in [0.05, 0.1) is 11.0 Å². The molecular formula is C10H16O2S. The largest absolute Gasteiger partial charge is 0.500 e. The summed E-state index contributed by atoms with van der Waals surface area (Å²) in [6, 6.07) is 0. The van der Waals surface area contributed by atoms with Gasteiger partial charge in [0.2, 0.25) is 0 Å². The molecule has 0 spiro atoms. The van der Waals surface area contributed by atoms with Crippen molar-refractivity contribution in [3.05, 3.63) is 11.8 Å². The molecule has 0 bridgehead atoms. The van der Waals surface area contributed by atoms with E-state index >= 15 is 0 Å². The Labute approximate surface area is 81.8 Å². The lowest BCUT2D eigenvalue weighted by atomic mass is 10.2. The zero-order valence-electron chi connectivity index (χ0n) is 8.04. The van der Waals surface area contributed by atoms with Crippen molar-refractivity contribution in [2.24, 2.45) is 0 Å². The molecule has 2 aliphatic rings. The van der Waals surface area contributed by atoms with E-state index in [1.807, 2.05) is 13.2 Å². The SMILES string of the molecule is CC1(COC=C2CCCC2)CS1=O. The Morgan fingerprint density at radius 1 is 1.54 bits per heavy atom. The Kier molecular flexibility index (Phi) is 2.45. The Balaban J connectivity index is 1.74. The summed E-state index contributed by atoms with van der Waals surface area (Å²) in [6.45, 7) is 2.65. The predicted octanol–water partition coefficient (Wildman–Crippen LogP) is 1.98. The zero-order chi connectivity index (χ0) is 9.31. The molecule has 2 atom stereocenters. The molecule has 0 aromatic rings. The molecule has 0 amide bonds. The Hall–Kier alpha value is -0.310. The molecule has 2 rings (SSSR count). The van der Waals surface area contributed by atoms with E-state index in [2.05, 4.69) is 0 Å². The molecule has 0 N–H and O–H groups in total. The van der Waals surface area contributed by atoms with Crippen LogP contribution in [0.1, 0.15) is 32.6 Å². The van der Waals surface area contributed by atoms with E-state index in [0.29, 0.717) is 6.61 Å². The van der Waals surface area contributed by atoms with Crippen molar-refractivity contribution >= 4 is 10.8 Å². The van der Waals surface area contributed by atoms with Crippen molar-refractivity contribution in [1.29, 1.82) is 0 Å². The maximum Gasteiger partial charge on any atom is 0.105 e. The molecule has 2 nitrogen and oxygen atoms in total. The van der Waals surface area contributed by atoms with Gasteiger partial charge in [0.25, 0.3) is 0 Å². The van der Waals surface area contributed by atoms with E-state index in [1.165, 1.54) is 31.3 Å². The number of allylic oxidation sites excluding steroid dienone is 1. The van der Waals surface area contributed by atoms with Gasteiger partial charge in [-0.05, 0) is 38.2 Å². The van der Waals surface area contributed by atoms with Crippen LogP contribution in [0.25, 0.3) is 0 Å². The molecule has 1 saturated carbocycles. The average Bonchev–Trinajstić information content (AvgIpc) is 2.55. The topological polar surface area (TPSA) is 26.3 Å². The van der Waals surface area contributed by atoms with Crippen LogP contribution in [0.2, 0.25) is 0 Å². The molecule has 1 aliphatic heterocycles. The third-order valence-electron chi connectivity index (χ3n) is 2.78. The minimum absolute atomic E-state index is 0.0321. The number of hydrogen-bond donors (Lipinski definition) is 0. The van der Waals surface area contributed by atoms with Crippen LogP contribution in [0.5, 0.6) is 0 Å². The minimum atomic E-state index is -0.622. The van der Waals surface area contributed by atoms with Crippen molar-refractivity contribution in [1.82, 2.24) is 0 Å². The Morgan fingerprint density at radius 2 is 2.15 bits per heavy atom. The molecule has 1 saturated heterocycles. The lowest BCUT2D eigenvalue weighted by molar-refractivity contribution is 0.232. The molecular weight excluding hydrogens is 184 g/mol. The lowest BCUT2D eigenvalue weighted by Gasteiger charge is -2.05. The second-order valence-electron chi connectivity index (χ2n) is 4.23. The summed E-state index contributed by atoms with van der Waals surface area (Å²) >= 11 is 0. The summed E-state index contributed by atoms with van der Waals surface area (Å²) in [6.07, 6.45) is 6.89. The first kappa shape index (κ1) is 9.25. The summed E-state index contributed by atoms with van der Waals surface area (Å²) in [7, 11) is -0.622. The van der Waals surface area contributed by atoms with Crippen molar-refractivity contribution in [3.63, 3.8) is 0 Å². The third-order valence-corrected chi connectivity index (χ3v) is 4.69. The fourth-order valence-corrected chi connectivity index (χ4v) is 2.56. The summed E-state index contributed by atoms with van der Waals surface area (Å²) in [4.78, 5) is 0. The van der Waals surface area contributed by atoms with Gasteiger partial charge in [-0.15, -0.1) is 0 Å². The molecule has 1 aliphatic carbocycles. The third kappa shape index (κ3) is 2.13. The molecule has 13 heavy (non-hydrogen) atoms. The van der Waals surface area contributed by atoms with E-state index in [9.17, 15) is 4.21 Å². The highest BCUT2D eigenvalue weighted by molar-refractivity contribution is 7.94. The average molecular weight is 200 g/mol. The van der Waals surface area contributed by atoms with Gasteiger partial charge in [0.15, 0.2) is 0 Å². The monoisotopic (exact) mass is 200 g/mol. The molecule has 1 heterocycles. The van der Waals surface area contributed by atoms with Crippen LogP contribution in [0.15, 0.2) is 11.8 Å². The first-order valence-electron chi connectivity index (χ1n) is 4.89. The summed E-state index contributed by atoms with van der Waals surface area (Å²) < 4.78 is 16.5. The van der Waals surface area contributed by atoms with Crippen molar-refractivity contribution in [3.8, 4) is 0 Å². The van der Waals surface area contributed by atoms with Crippen LogP contribution in [0, 0.1) is 0 Å². The maximum atomic E-state index is 11.0. The molecule has 0 aromatic heterocycles. The second kappa shape index (κ2) is 3.45. The number of ether oxygens (including phenoxy) is 1. The fourth-order valence-electron chi connectivity index (χ4n) is 1.64. The van der Waals surface area contributed by atoms with Gasteiger partial charge in [-0.1, -0.05) is 0 Å².